The fourth-order valence-corrected chi connectivity index (χ4v) is 2.81. The average Bonchev–Trinajstić information content (AvgIpc) is 2.43. The van der Waals surface area contributed by atoms with E-state index in [2.05, 4.69) is 5.32 Å². The van der Waals surface area contributed by atoms with E-state index in [1.807, 2.05) is 0 Å². The van der Waals surface area contributed by atoms with Gasteiger partial charge in [0, 0.05) is 0 Å². The van der Waals surface area contributed by atoms with Gasteiger partial charge in [-0.05, 0) is 12.5 Å². The zero-order valence-electron chi connectivity index (χ0n) is 11.0. The topological polar surface area (TPSA) is 119 Å². The van der Waals surface area contributed by atoms with Gasteiger partial charge in [0.1, 0.15) is 5.25 Å². The highest BCUT2D eigenvalue weighted by molar-refractivity contribution is 8.00. The van der Waals surface area contributed by atoms with Crippen molar-refractivity contribution in [3.8, 4) is 5.75 Å². The van der Waals surface area contributed by atoms with Gasteiger partial charge in [-0.3, -0.25) is 19.7 Å². The first-order valence-electron chi connectivity index (χ1n) is 6.07. The molecular formula is C12H12N2O6S. The smallest absolute Gasteiger partial charge is 0.316 e. The van der Waals surface area contributed by atoms with Crippen molar-refractivity contribution in [1.29, 1.82) is 0 Å². The van der Waals surface area contributed by atoms with Gasteiger partial charge in [-0.15, -0.1) is 11.8 Å². The van der Waals surface area contributed by atoms with Crippen molar-refractivity contribution >= 4 is 35.0 Å². The van der Waals surface area contributed by atoms with Gasteiger partial charge in [0.25, 0.3) is 11.6 Å². The van der Waals surface area contributed by atoms with Crippen LogP contribution in [0, 0.1) is 10.1 Å². The Balaban J connectivity index is 2.43. The third kappa shape index (κ3) is 3.24. The summed E-state index contributed by atoms with van der Waals surface area (Å²) in [5.74, 6) is -1.21. The third-order valence-electron chi connectivity index (χ3n) is 2.81. The number of carbonyl (C=O) groups is 2. The van der Waals surface area contributed by atoms with Crippen molar-refractivity contribution in [2.24, 2.45) is 0 Å². The predicted octanol–water partition coefficient (Wildman–Crippen LogP) is 1.88. The van der Waals surface area contributed by atoms with Gasteiger partial charge in [0.2, 0.25) is 0 Å². The highest BCUT2D eigenvalue weighted by Gasteiger charge is 2.27. The molecule has 1 heterocycles. The second-order valence-electron chi connectivity index (χ2n) is 4.26. The number of nitrogens with zero attached hydrogens (tertiary/aromatic N) is 1. The molecule has 1 aliphatic rings. The number of nitro benzene ring substituents is 1. The van der Waals surface area contributed by atoms with E-state index >= 15 is 0 Å². The number of carbonyl (C=O) groups excluding carboxylic acids is 1. The number of anilines is 1. The number of benzene rings is 1. The number of rotatable bonds is 5. The van der Waals surface area contributed by atoms with E-state index in [0.29, 0.717) is 12.1 Å². The van der Waals surface area contributed by atoms with Crippen LogP contribution in [0.2, 0.25) is 0 Å². The number of carboxylic acids is 1. The number of nitro groups is 1. The highest BCUT2D eigenvalue weighted by atomic mass is 32.2. The van der Waals surface area contributed by atoms with Crippen molar-refractivity contribution < 1.29 is 24.4 Å². The lowest BCUT2D eigenvalue weighted by atomic mass is 10.2. The summed E-state index contributed by atoms with van der Waals surface area (Å²) in [5.41, 5.74) is 0.0641. The van der Waals surface area contributed by atoms with Gasteiger partial charge < -0.3 is 15.2 Å². The molecule has 0 aliphatic carbocycles. The van der Waals surface area contributed by atoms with Crippen molar-refractivity contribution in [3.05, 3.63) is 22.2 Å². The second-order valence-corrected chi connectivity index (χ2v) is 5.51. The Morgan fingerprint density at radius 2 is 2.33 bits per heavy atom. The summed E-state index contributed by atoms with van der Waals surface area (Å²) in [5, 5.41) is 21.9. The van der Waals surface area contributed by atoms with Gasteiger partial charge in [0.15, 0.2) is 12.4 Å². The molecule has 0 saturated heterocycles. The zero-order chi connectivity index (χ0) is 15.6. The summed E-state index contributed by atoms with van der Waals surface area (Å²) in [6, 6.07) is 2.58. The van der Waals surface area contributed by atoms with Crippen LogP contribution >= 0.6 is 11.8 Å². The predicted molar refractivity (Wildman–Crippen MR) is 74.8 cm³/mol. The highest BCUT2D eigenvalue weighted by Crippen LogP contribution is 2.41. The van der Waals surface area contributed by atoms with Crippen molar-refractivity contribution in [1.82, 2.24) is 0 Å². The molecule has 9 heteroatoms. The van der Waals surface area contributed by atoms with E-state index in [0.717, 1.165) is 11.8 Å². The first kappa shape index (κ1) is 15.1. The Kier molecular flexibility index (Phi) is 4.32. The number of aliphatic carboxylic acids is 1. The van der Waals surface area contributed by atoms with E-state index in [1.54, 1.807) is 6.92 Å². The summed E-state index contributed by atoms with van der Waals surface area (Å²) < 4.78 is 5.12. The summed E-state index contributed by atoms with van der Waals surface area (Å²) in [6.07, 6.45) is 0.317. The van der Waals surface area contributed by atoms with Crippen LogP contribution in [0.25, 0.3) is 0 Å². The van der Waals surface area contributed by atoms with E-state index < -0.39 is 16.1 Å². The number of carboxylic acid groups (broad SMARTS) is 1. The minimum atomic E-state index is -1.05. The number of nitrogens with one attached hydrogen (secondary N) is 1. The lowest BCUT2D eigenvalue weighted by Crippen LogP contribution is -2.25. The monoisotopic (exact) mass is 312 g/mol. The Morgan fingerprint density at radius 1 is 1.62 bits per heavy atom. The van der Waals surface area contributed by atoms with Crippen LogP contribution in [0.1, 0.15) is 13.3 Å². The van der Waals surface area contributed by atoms with E-state index in [9.17, 15) is 19.7 Å². The molecule has 21 heavy (non-hydrogen) atoms. The van der Waals surface area contributed by atoms with Crippen LogP contribution < -0.4 is 10.1 Å². The maximum atomic E-state index is 11.3. The van der Waals surface area contributed by atoms with Gasteiger partial charge in [-0.1, -0.05) is 6.92 Å². The largest absolute Gasteiger partial charge is 0.481 e. The number of hydrogen-bond acceptors (Lipinski definition) is 6. The van der Waals surface area contributed by atoms with Crippen LogP contribution in [0.5, 0.6) is 5.75 Å². The molecule has 112 valence electrons. The Hall–Kier alpha value is -2.29. The van der Waals surface area contributed by atoms with Crippen LogP contribution in [0.4, 0.5) is 11.4 Å². The molecule has 1 unspecified atom stereocenters. The van der Waals surface area contributed by atoms with Crippen molar-refractivity contribution in [2.75, 3.05) is 11.9 Å². The number of amides is 1. The lowest BCUT2D eigenvalue weighted by molar-refractivity contribution is -0.387. The summed E-state index contributed by atoms with van der Waals surface area (Å²) >= 11 is 0.878. The fourth-order valence-electron chi connectivity index (χ4n) is 1.79. The number of ether oxygens (including phenoxy) is 1. The molecule has 0 bridgehead atoms. The molecule has 8 nitrogen and oxygen atoms in total. The average molecular weight is 312 g/mol. The van der Waals surface area contributed by atoms with E-state index in [1.165, 1.54) is 12.1 Å². The fraction of sp³-hybridized carbons (Fsp3) is 0.333. The molecule has 0 spiro atoms. The molecule has 0 fully saturated rings. The molecule has 2 N–H and O–H groups in total. The quantitative estimate of drug-likeness (QED) is 0.484. The maximum Gasteiger partial charge on any atom is 0.316 e. The molecular weight excluding hydrogens is 300 g/mol. The number of hydrogen-bond donors (Lipinski definition) is 2. The maximum absolute atomic E-state index is 11.3. The van der Waals surface area contributed by atoms with Gasteiger partial charge in [0.05, 0.1) is 21.6 Å². The van der Waals surface area contributed by atoms with E-state index in [-0.39, 0.29) is 28.8 Å². The van der Waals surface area contributed by atoms with Crippen molar-refractivity contribution in [2.45, 2.75) is 23.5 Å². The lowest BCUT2D eigenvalue weighted by Gasteiger charge is -2.19. The Bertz CT molecular complexity index is 618. The zero-order valence-corrected chi connectivity index (χ0v) is 11.8. The molecule has 1 aromatic carbocycles. The van der Waals surface area contributed by atoms with Crippen molar-refractivity contribution in [3.63, 3.8) is 0 Å². The summed E-state index contributed by atoms with van der Waals surface area (Å²) in [4.78, 5) is 33.0. The molecule has 0 radical (unpaired) electrons. The molecule has 0 aromatic heterocycles. The minimum Gasteiger partial charge on any atom is -0.481 e. The van der Waals surface area contributed by atoms with Crippen LogP contribution in [-0.2, 0) is 9.59 Å². The Morgan fingerprint density at radius 3 is 2.90 bits per heavy atom. The van der Waals surface area contributed by atoms with Crippen LogP contribution in [-0.4, -0.2) is 33.8 Å². The first-order valence-corrected chi connectivity index (χ1v) is 6.95. The third-order valence-corrected chi connectivity index (χ3v) is 4.21. The summed E-state index contributed by atoms with van der Waals surface area (Å²) in [6.45, 7) is 1.48. The molecule has 1 aromatic rings. The minimum absolute atomic E-state index is 0.179. The molecule has 2 rings (SSSR count). The standard InChI is InChI=1S/C12H12N2O6S/c1-2-9(12(16)17)21-10-3-6-8(4-7(10)14(18)19)20-5-11(15)13-6/h3-4,9H,2,5H2,1H3,(H,13,15)(H,16,17). The first-order chi connectivity index (χ1) is 9.92. The van der Waals surface area contributed by atoms with Gasteiger partial charge in [-0.25, -0.2) is 0 Å². The summed E-state index contributed by atoms with van der Waals surface area (Å²) in [7, 11) is 0. The van der Waals surface area contributed by atoms with E-state index in [4.69, 9.17) is 9.84 Å². The molecule has 1 amide bonds. The van der Waals surface area contributed by atoms with Crippen LogP contribution in [0.3, 0.4) is 0 Å². The second kappa shape index (κ2) is 6.00. The number of fused-ring (bicyclic) bond motifs is 1. The SMILES string of the molecule is CCC(Sc1cc2c(cc1[N+](=O)[O-])OCC(=O)N2)C(=O)O. The van der Waals surface area contributed by atoms with Gasteiger partial charge >= 0.3 is 5.97 Å². The van der Waals surface area contributed by atoms with Crippen LogP contribution in [0.15, 0.2) is 17.0 Å². The molecule has 0 saturated carbocycles. The normalized spacial score (nSPS) is 14.6. The molecule has 1 aliphatic heterocycles. The van der Waals surface area contributed by atoms with Gasteiger partial charge in [-0.2, -0.15) is 0 Å². The molecule has 1 atom stereocenters. The Labute approximate surface area is 123 Å². The number of thioether (sulfide) groups is 1.